The van der Waals surface area contributed by atoms with E-state index in [-0.39, 0.29) is 28.1 Å². The number of aliphatic imine (C=N–C) groups is 1. The van der Waals surface area contributed by atoms with Crippen LogP contribution in [0.15, 0.2) is 29.4 Å². The molecule has 33 heavy (non-hydrogen) atoms. The van der Waals surface area contributed by atoms with E-state index in [0.717, 1.165) is 37.0 Å². The van der Waals surface area contributed by atoms with Crippen molar-refractivity contribution in [3.05, 3.63) is 46.1 Å². The van der Waals surface area contributed by atoms with E-state index < -0.39 is 36.5 Å². The Hall–Kier alpha value is -3.15. The van der Waals surface area contributed by atoms with Crippen LogP contribution in [-0.4, -0.2) is 41.0 Å². The zero-order valence-electron chi connectivity index (χ0n) is 17.2. The van der Waals surface area contributed by atoms with Gasteiger partial charge in [0.15, 0.2) is 18.0 Å². The van der Waals surface area contributed by atoms with E-state index in [0.29, 0.717) is 5.56 Å². The van der Waals surface area contributed by atoms with E-state index >= 15 is 0 Å². The number of nitrogens with zero attached hydrogens (tertiary/aromatic N) is 3. The number of carbonyl (C=O) groups excluding carboxylic acids is 1. The molecular weight excluding hydrogens is 473 g/mol. The number of aryl methyl sites for hydroxylation is 1. The van der Waals surface area contributed by atoms with Crippen LogP contribution in [0.3, 0.4) is 0 Å². The summed E-state index contributed by atoms with van der Waals surface area (Å²) in [5.74, 6) is -2.07. The molecule has 13 heteroatoms. The van der Waals surface area contributed by atoms with Gasteiger partial charge in [-0.25, -0.2) is 18.5 Å². The minimum Gasteiger partial charge on any atom is -0.470 e. The largest absolute Gasteiger partial charge is 0.470 e. The van der Waals surface area contributed by atoms with E-state index in [4.69, 9.17) is 17.3 Å². The minimum atomic E-state index is -4.97. The molecule has 3 N–H and O–H groups in total. The van der Waals surface area contributed by atoms with Gasteiger partial charge in [0.1, 0.15) is 0 Å². The first-order chi connectivity index (χ1) is 15.5. The summed E-state index contributed by atoms with van der Waals surface area (Å²) >= 11 is 6.11. The van der Waals surface area contributed by atoms with Crippen LogP contribution in [0.2, 0.25) is 5.02 Å². The number of hydrogen-bond donors (Lipinski definition) is 2. The highest BCUT2D eigenvalue weighted by Crippen LogP contribution is 2.42. The maximum Gasteiger partial charge on any atom is 0.425 e. The topological polar surface area (TPSA) is 94.5 Å². The van der Waals surface area contributed by atoms with Gasteiger partial charge < -0.3 is 15.8 Å². The molecule has 0 radical (unpaired) electrons. The first kappa shape index (κ1) is 24.5. The molecule has 1 fully saturated rings. The van der Waals surface area contributed by atoms with Crippen molar-refractivity contribution < 1.29 is 31.5 Å². The van der Waals surface area contributed by atoms with Crippen LogP contribution in [0.25, 0.3) is 5.57 Å². The molecule has 0 atom stereocenters. The number of ether oxygens (including phenoxy) is 1. The molecule has 2 aromatic rings. The zero-order valence-corrected chi connectivity index (χ0v) is 17.9. The number of halogens is 6. The summed E-state index contributed by atoms with van der Waals surface area (Å²) in [6.45, 7) is -1.26. The summed E-state index contributed by atoms with van der Waals surface area (Å²) in [5, 5.41) is 6.50. The highest BCUT2D eigenvalue weighted by molar-refractivity contribution is 6.34. The van der Waals surface area contributed by atoms with Crippen molar-refractivity contribution in [2.75, 3.05) is 6.61 Å². The average molecular weight is 492 g/mol. The van der Waals surface area contributed by atoms with Gasteiger partial charge in [0.2, 0.25) is 5.88 Å². The molecule has 0 spiro atoms. The fraction of sp³-hybridized carbons (Fsp3) is 0.350. The molecule has 0 bridgehead atoms. The third-order valence-electron chi connectivity index (χ3n) is 4.58. The molecular formula is C20H19ClF5N5O2. The monoisotopic (exact) mass is 491 g/mol. The van der Waals surface area contributed by atoms with Gasteiger partial charge in [-0.15, -0.1) is 5.10 Å². The van der Waals surface area contributed by atoms with Crippen LogP contribution in [0, 0.1) is 0 Å². The van der Waals surface area contributed by atoms with Gasteiger partial charge >= 0.3 is 6.18 Å². The molecule has 1 aliphatic rings. The molecule has 1 heterocycles. The van der Waals surface area contributed by atoms with Crippen LogP contribution < -0.4 is 15.8 Å². The number of benzene rings is 1. The number of aromatic nitrogens is 2. The quantitative estimate of drug-likeness (QED) is 0.424. The first-order valence-corrected chi connectivity index (χ1v) is 10.0. The van der Waals surface area contributed by atoms with Crippen molar-refractivity contribution in [3.8, 4) is 5.88 Å². The highest BCUT2D eigenvalue weighted by Gasteiger charge is 2.41. The van der Waals surface area contributed by atoms with Crippen LogP contribution in [0.4, 0.5) is 27.8 Å². The Morgan fingerprint density at radius 1 is 1.42 bits per heavy atom. The van der Waals surface area contributed by atoms with Crippen LogP contribution in [-0.2, 0) is 13.2 Å². The van der Waals surface area contributed by atoms with E-state index in [1.54, 1.807) is 0 Å². The minimum absolute atomic E-state index is 0.0930. The van der Waals surface area contributed by atoms with Crippen LogP contribution >= 0.6 is 11.6 Å². The van der Waals surface area contributed by atoms with E-state index in [9.17, 15) is 26.7 Å². The third kappa shape index (κ3) is 6.01. The first-order valence-electron chi connectivity index (χ1n) is 9.63. The second-order valence-electron chi connectivity index (χ2n) is 7.15. The summed E-state index contributed by atoms with van der Waals surface area (Å²) in [6, 6.07) is 4.51. The molecule has 1 amide bonds. The predicted molar refractivity (Wildman–Crippen MR) is 112 cm³/mol. The van der Waals surface area contributed by atoms with Crippen molar-refractivity contribution in [3.63, 3.8) is 0 Å². The molecule has 0 aliphatic heterocycles. The van der Waals surface area contributed by atoms with Crippen molar-refractivity contribution in [1.29, 1.82) is 0 Å². The van der Waals surface area contributed by atoms with E-state index in [1.807, 2.05) is 0 Å². The zero-order chi connectivity index (χ0) is 24.3. The summed E-state index contributed by atoms with van der Waals surface area (Å²) in [5.41, 5.74) is 4.95. The standard InChI is InChI=1S/C20H19ClF5N5O2/c1-31-17(16(20(24,25)26)19(30-31)33-9-15(22)23)28-8-11(7-27)10-2-5-14(21)13(6-10)18(32)29-12-3-4-12/h2,5-8,12,15H,3-4,9,27H2,1H3,(H,29,32). The van der Waals surface area contributed by atoms with Crippen LogP contribution in [0.1, 0.15) is 34.3 Å². The molecule has 3 rings (SSSR count). The van der Waals surface area contributed by atoms with Crippen molar-refractivity contribution in [2.45, 2.75) is 31.5 Å². The Balaban J connectivity index is 1.93. The number of carbonyl (C=O) groups is 1. The summed E-state index contributed by atoms with van der Waals surface area (Å²) < 4.78 is 70.8. The van der Waals surface area contributed by atoms with Crippen LogP contribution in [0.5, 0.6) is 5.88 Å². The normalized spacial score (nSPS) is 14.8. The van der Waals surface area contributed by atoms with Gasteiger partial charge in [-0.3, -0.25) is 4.79 Å². The molecule has 1 saturated carbocycles. The maximum absolute atomic E-state index is 13.6. The van der Waals surface area contributed by atoms with Crippen molar-refractivity contribution >= 4 is 35.1 Å². The summed E-state index contributed by atoms with van der Waals surface area (Å²) in [6.07, 6.45) is -4.08. The fourth-order valence-corrected chi connectivity index (χ4v) is 3.05. The van der Waals surface area contributed by atoms with Crippen molar-refractivity contribution in [2.24, 2.45) is 17.8 Å². The second-order valence-corrected chi connectivity index (χ2v) is 7.56. The molecule has 178 valence electrons. The lowest BCUT2D eigenvalue weighted by Crippen LogP contribution is -2.25. The lowest BCUT2D eigenvalue weighted by atomic mass is 10.0. The van der Waals surface area contributed by atoms with E-state index in [2.05, 4.69) is 20.1 Å². The predicted octanol–water partition coefficient (Wildman–Crippen LogP) is 4.33. The Morgan fingerprint density at radius 2 is 2.12 bits per heavy atom. The van der Waals surface area contributed by atoms with Crippen molar-refractivity contribution in [1.82, 2.24) is 15.1 Å². The Bertz CT molecular complexity index is 1090. The molecule has 0 saturated heterocycles. The Morgan fingerprint density at radius 3 is 2.70 bits per heavy atom. The van der Waals surface area contributed by atoms with Gasteiger partial charge in [-0.1, -0.05) is 17.7 Å². The fourth-order valence-electron chi connectivity index (χ4n) is 2.84. The molecule has 7 nitrogen and oxygen atoms in total. The third-order valence-corrected chi connectivity index (χ3v) is 4.91. The highest BCUT2D eigenvalue weighted by atomic mass is 35.5. The van der Waals surface area contributed by atoms with Gasteiger partial charge in [0.05, 0.1) is 10.6 Å². The van der Waals surface area contributed by atoms with Gasteiger partial charge in [-0.05, 0) is 30.5 Å². The smallest absolute Gasteiger partial charge is 0.425 e. The SMILES string of the molecule is Cn1nc(OCC(F)F)c(C(F)(F)F)c1N=CC(=CN)c1ccc(Cl)c(C(=O)NC2CC2)c1. The van der Waals surface area contributed by atoms with Gasteiger partial charge in [-0.2, -0.15) is 13.2 Å². The lowest BCUT2D eigenvalue weighted by molar-refractivity contribution is -0.138. The number of rotatable bonds is 8. The number of amides is 1. The number of nitrogens with one attached hydrogen (secondary N) is 1. The molecule has 1 aromatic carbocycles. The number of nitrogens with two attached hydrogens (primary N) is 1. The lowest BCUT2D eigenvalue weighted by Gasteiger charge is -2.10. The summed E-state index contributed by atoms with van der Waals surface area (Å²) in [4.78, 5) is 16.2. The van der Waals surface area contributed by atoms with E-state index in [1.165, 1.54) is 18.2 Å². The summed E-state index contributed by atoms with van der Waals surface area (Å²) in [7, 11) is 1.16. The Labute approximate surface area is 190 Å². The molecule has 1 aromatic heterocycles. The molecule has 1 aliphatic carbocycles. The number of alkyl halides is 5. The number of allylic oxidation sites excluding steroid dienone is 1. The average Bonchev–Trinajstić information content (AvgIpc) is 3.48. The number of hydrogen-bond acceptors (Lipinski definition) is 5. The van der Waals surface area contributed by atoms with Gasteiger partial charge in [0, 0.05) is 31.1 Å². The van der Waals surface area contributed by atoms with Gasteiger partial charge in [0.25, 0.3) is 12.3 Å². The molecule has 0 unspecified atom stereocenters. The second kappa shape index (κ2) is 9.77. The maximum atomic E-state index is 13.6. The Kier molecular flexibility index (Phi) is 7.25.